The van der Waals surface area contributed by atoms with Crippen LogP contribution in [0.1, 0.15) is 92.9 Å². The smallest absolute Gasteiger partial charge is 0.136 e. The fourth-order valence-electron chi connectivity index (χ4n) is 8.09. The van der Waals surface area contributed by atoms with E-state index in [4.69, 9.17) is 0 Å². The zero-order valence-corrected chi connectivity index (χ0v) is 19.8. The minimum absolute atomic E-state index is 0.314. The van der Waals surface area contributed by atoms with Crippen molar-refractivity contribution in [3.8, 4) is 0 Å². The van der Waals surface area contributed by atoms with E-state index in [0.717, 1.165) is 48.9 Å². The predicted molar refractivity (Wildman–Crippen MR) is 123 cm³/mol. The average molecular weight is 397 g/mol. The summed E-state index contributed by atoms with van der Waals surface area (Å²) >= 11 is 0. The molecule has 0 amide bonds. The highest BCUT2D eigenvalue weighted by atomic mass is 16.1. The van der Waals surface area contributed by atoms with Crippen LogP contribution in [0.2, 0.25) is 0 Å². The average Bonchev–Trinajstić information content (AvgIpc) is 3.03. The van der Waals surface area contributed by atoms with Crippen molar-refractivity contribution in [2.24, 2.45) is 52.3 Å². The number of hydrogen-bond acceptors (Lipinski definition) is 1. The molecule has 0 aliphatic heterocycles. The lowest BCUT2D eigenvalue weighted by Gasteiger charge is -2.57. The number of hydrogen-bond donors (Lipinski definition) is 0. The Labute approximate surface area is 179 Å². The van der Waals surface area contributed by atoms with Gasteiger partial charge < -0.3 is 0 Å². The maximum absolute atomic E-state index is 12.1. The van der Waals surface area contributed by atoms with E-state index in [1.807, 2.05) is 0 Å². The monoisotopic (exact) mass is 396 g/mol. The molecule has 162 valence electrons. The highest BCUT2D eigenvalue weighted by Gasteiger charge is 2.58. The number of carbonyl (C=O) groups excluding carboxylic acids is 1. The number of rotatable bonds is 4. The molecule has 0 aromatic heterocycles. The summed E-state index contributed by atoms with van der Waals surface area (Å²) in [6.07, 6.45) is 17.1. The first-order valence-electron chi connectivity index (χ1n) is 12.6. The Morgan fingerprint density at radius 3 is 2.48 bits per heavy atom. The molecule has 0 aromatic rings. The third-order valence-electron chi connectivity index (χ3n) is 10.4. The molecule has 3 saturated carbocycles. The van der Waals surface area contributed by atoms with Crippen LogP contribution in [-0.4, -0.2) is 5.78 Å². The van der Waals surface area contributed by atoms with Crippen LogP contribution in [-0.2, 0) is 4.79 Å². The Kier molecular flexibility index (Phi) is 5.67. The van der Waals surface area contributed by atoms with E-state index in [1.54, 1.807) is 0 Å². The fourth-order valence-corrected chi connectivity index (χ4v) is 8.09. The second-order valence-electron chi connectivity index (χ2n) is 12.1. The van der Waals surface area contributed by atoms with E-state index in [9.17, 15) is 4.79 Å². The molecule has 0 aromatic carbocycles. The zero-order chi connectivity index (χ0) is 21.0. The summed E-state index contributed by atoms with van der Waals surface area (Å²) in [6.45, 7) is 14.7. The zero-order valence-electron chi connectivity index (χ0n) is 19.8. The van der Waals surface area contributed by atoms with E-state index >= 15 is 0 Å². The minimum Gasteiger partial charge on any atom is -0.299 e. The largest absolute Gasteiger partial charge is 0.299 e. The van der Waals surface area contributed by atoms with Gasteiger partial charge in [-0.05, 0) is 90.8 Å². The SMILES string of the molecule is CC(C)[C@@H](C)C=C[C@@H](C)[C@H]1CC[C@H]2[C@@H]3CC=C4CC(=O)CC[C@]4(C)[C@H]3CC[C@]12C. The third-order valence-corrected chi connectivity index (χ3v) is 10.4. The van der Waals surface area contributed by atoms with Gasteiger partial charge in [-0.1, -0.05) is 65.3 Å². The van der Waals surface area contributed by atoms with E-state index in [0.29, 0.717) is 28.4 Å². The molecule has 0 saturated heterocycles. The summed E-state index contributed by atoms with van der Waals surface area (Å²) in [5, 5.41) is 0. The van der Waals surface area contributed by atoms with Gasteiger partial charge in [0, 0.05) is 12.8 Å². The summed E-state index contributed by atoms with van der Waals surface area (Å²) in [5.74, 6) is 5.98. The van der Waals surface area contributed by atoms with Crippen LogP contribution in [0, 0.1) is 52.3 Å². The topological polar surface area (TPSA) is 17.1 Å². The van der Waals surface area contributed by atoms with Crippen LogP contribution >= 0.6 is 0 Å². The lowest BCUT2D eigenvalue weighted by molar-refractivity contribution is -0.122. The highest BCUT2D eigenvalue weighted by Crippen LogP contribution is 2.67. The minimum atomic E-state index is 0.314. The lowest BCUT2D eigenvalue weighted by atomic mass is 9.47. The first kappa shape index (κ1) is 21.4. The molecular formula is C28H44O. The lowest BCUT2D eigenvalue weighted by Crippen LogP contribution is -2.50. The van der Waals surface area contributed by atoms with Gasteiger partial charge in [0.2, 0.25) is 0 Å². The molecule has 1 heteroatoms. The van der Waals surface area contributed by atoms with Crippen molar-refractivity contribution >= 4 is 5.78 Å². The third kappa shape index (κ3) is 3.49. The molecule has 0 N–H and O–H groups in total. The number of ketones is 1. The van der Waals surface area contributed by atoms with Crippen molar-refractivity contribution in [2.45, 2.75) is 92.9 Å². The summed E-state index contributed by atoms with van der Waals surface area (Å²) in [6, 6.07) is 0. The Morgan fingerprint density at radius 1 is 1.00 bits per heavy atom. The molecule has 0 unspecified atom stereocenters. The van der Waals surface area contributed by atoms with E-state index in [1.165, 1.54) is 37.7 Å². The highest BCUT2D eigenvalue weighted by molar-refractivity contribution is 5.82. The molecule has 0 bridgehead atoms. The molecule has 0 spiro atoms. The van der Waals surface area contributed by atoms with Gasteiger partial charge in [-0.25, -0.2) is 0 Å². The molecule has 0 radical (unpaired) electrons. The van der Waals surface area contributed by atoms with Gasteiger partial charge in [-0.3, -0.25) is 4.79 Å². The van der Waals surface area contributed by atoms with Crippen molar-refractivity contribution in [1.82, 2.24) is 0 Å². The van der Waals surface area contributed by atoms with Crippen molar-refractivity contribution in [3.63, 3.8) is 0 Å². The number of fused-ring (bicyclic) bond motifs is 5. The van der Waals surface area contributed by atoms with Gasteiger partial charge in [0.25, 0.3) is 0 Å². The standard InChI is InChI=1S/C28H44O/c1-18(2)19(3)7-8-20(4)24-11-12-25-23-10-9-21-17-22(29)13-15-27(21,5)26(23)14-16-28(24,25)6/h7-9,18-20,23-26H,10-17H2,1-6H3/t19-,20+,23-,24+,25-,26-,27-,28+/m0/s1. The second-order valence-corrected chi connectivity index (χ2v) is 12.1. The first-order chi connectivity index (χ1) is 13.7. The van der Waals surface area contributed by atoms with Crippen LogP contribution in [0.4, 0.5) is 0 Å². The predicted octanol–water partition coefficient (Wildman–Crippen LogP) is 7.62. The maximum Gasteiger partial charge on any atom is 0.136 e. The van der Waals surface area contributed by atoms with E-state index < -0.39 is 0 Å². The van der Waals surface area contributed by atoms with Crippen LogP contribution in [0.25, 0.3) is 0 Å². The van der Waals surface area contributed by atoms with Gasteiger partial charge in [0.15, 0.2) is 0 Å². The molecule has 4 aliphatic carbocycles. The van der Waals surface area contributed by atoms with Crippen LogP contribution in [0.5, 0.6) is 0 Å². The number of Topliss-reactive ketones (excluding diaryl/α,β-unsaturated/α-hetero) is 1. The van der Waals surface area contributed by atoms with Crippen LogP contribution in [0.3, 0.4) is 0 Å². The van der Waals surface area contributed by atoms with Gasteiger partial charge >= 0.3 is 0 Å². The Balaban J connectivity index is 1.54. The molecule has 4 rings (SSSR count). The van der Waals surface area contributed by atoms with Gasteiger partial charge in [-0.2, -0.15) is 0 Å². The van der Waals surface area contributed by atoms with Gasteiger partial charge in [0.05, 0.1) is 0 Å². The van der Waals surface area contributed by atoms with E-state index in [2.05, 4.69) is 59.8 Å². The molecule has 8 atom stereocenters. The van der Waals surface area contributed by atoms with E-state index in [-0.39, 0.29) is 0 Å². The first-order valence-corrected chi connectivity index (χ1v) is 12.6. The van der Waals surface area contributed by atoms with Crippen molar-refractivity contribution < 1.29 is 4.79 Å². The van der Waals surface area contributed by atoms with Gasteiger partial charge in [-0.15, -0.1) is 0 Å². The summed E-state index contributed by atoms with van der Waals surface area (Å²) in [5.41, 5.74) is 2.33. The van der Waals surface area contributed by atoms with Crippen molar-refractivity contribution in [3.05, 3.63) is 23.8 Å². The summed E-state index contributed by atoms with van der Waals surface area (Å²) in [7, 11) is 0. The van der Waals surface area contributed by atoms with Crippen molar-refractivity contribution in [2.75, 3.05) is 0 Å². The summed E-state index contributed by atoms with van der Waals surface area (Å²) < 4.78 is 0. The van der Waals surface area contributed by atoms with Crippen molar-refractivity contribution in [1.29, 1.82) is 0 Å². The second kappa shape index (κ2) is 7.69. The quantitative estimate of drug-likeness (QED) is 0.447. The molecule has 3 fully saturated rings. The number of carbonyl (C=O) groups is 1. The molecule has 1 nitrogen and oxygen atoms in total. The fraction of sp³-hybridized carbons (Fsp3) is 0.821. The van der Waals surface area contributed by atoms with Crippen LogP contribution in [0.15, 0.2) is 23.8 Å². The molecular weight excluding hydrogens is 352 g/mol. The molecule has 4 aliphatic rings. The number of allylic oxidation sites excluding steroid dienone is 4. The molecule has 0 heterocycles. The van der Waals surface area contributed by atoms with Gasteiger partial charge in [0.1, 0.15) is 5.78 Å². The normalized spacial score (nSPS) is 44.2. The summed E-state index contributed by atoms with van der Waals surface area (Å²) in [4.78, 5) is 12.1. The molecule has 29 heavy (non-hydrogen) atoms. The Bertz CT molecular complexity index is 699. The Hall–Kier alpha value is -0.850. The maximum atomic E-state index is 12.1. The van der Waals surface area contributed by atoms with Crippen LogP contribution < -0.4 is 0 Å². The Morgan fingerprint density at radius 2 is 1.76 bits per heavy atom.